The number of benzene rings is 2. The molecule has 0 aliphatic rings. The highest BCUT2D eigenvalue weighted by Gasteiger charge is 2.20. The summed E-state index contributed by atoms with van der Waals surface area (Å²) in [5.74, 6) is -4.38. The van der Waals surface area contributed by atoms with Gasteiger partial charge in [-0.1, -0.05) is 26.3 Å². The number of aromatic carboxylic acids is 4. The number of carboxylic acids is 4. The first kappa shape index (κ1) is 29.2. The van der Waals surface area contributed by atoms with Gasteiger partial charge in [-0.15, -0.1) is 0 Å². The minimum absolute atomic E-state index is 0.0186. The number of hydrogen-bond donors (Lipinski definition) is 6. The van der Waals surface area contributed by atoms with E-state index in [1.54, 1.807) is 0 Å². The van der Waals surface area contributed by atoms with Gasteiger partial charge < -0.3 is 30.6 Å². The predicted octanol–water partition coefficient (Wildman–Crippen LogP) is 2.94. The molecule has 10 nitrogen and oxygen atoms in total. The molecule has 0 saturated heterocycles. The van der Waals surface area contributed by atoms with Crippen molar-refractivity contribution in [2.75, 3.05) is 13.2 Å². The van der Waals surface area contributed by atoms with Gasteiger partial charge in [-0.05, 0) is 48.9 Å². The molecule has 0 fully saturated rings. The summed E-state index contributed by atoms with van der Waals surface area (Å²) in [5.41, 5.74) is -0.126. The van der Waals surface area contributed by atoms with E-state index in [2.05, 4.69) is 0 Å². The maximum Gasteiger partial charge on any atom is 0.335 e. The lowest BCUT2D eigenvalue weighted by Crippen LogP contribution is -2.25. The van der Waals surface area contributed by atoms with Crippen LogP contribution >= 0.6 is 0 Å². The van der Waals surface area contributed by atoms with Gasteiger partial charge in [0, 0.05) is 5.41 Å². The zero-order valence-corrected chi connectivity index (χ0v) is 18.3. The number of aliphatic hydroxyl groups is 2. The van der Waals surface area contributed by atoms with Gasteiger partial charge in [0.2, 0.25) is 0 Å². The third-order valence-electron chi connectivity index (χ3n) is 4.35. The van der Waals surface area contributed by atoms with E-state index in [0.29, 0.717) is 0 Å². The second kappa shape index (κ2) is 14.3. The summed E-state index contributed by atoms with van der Waals surface area (Å²) in [6.45, 7) is 4.09. The smallest absolute Gasteiger partial charge is 0.335 e. The molecule has 2 aromatic rings. The van der Waals surface area contributed by atoms with Crippen LogP contribution in [0.2, 0.25) is 0 Å². The third kappa shape index (κ3) is 10.9. The van der Waals surface area contributed by atoms with Gasteiger partial charge in [-0.25, -0.2) is 19.2 Å². The lowest BCUT2D eigenvalue weighted by atomic mass is 9.88. The van der Waals surface area contributed by atoms with Crippen molar-refractivity contribution in [1.82, 2.24) is 0 Å². The Morgan fingerprint density at radius 2 is 1.00 bits per heavy atom. The monoisotopic (exact) mass is 464 g/mol. The van der Waals surface area contributed by atoms with Crippen molar-refractivity contribution < 1.29 is 49.8 Å². The number of aliphatic hydroxyl groups excluding tert-OH is 2. The van der Waals surface area contributed by atoms with E-state index in [4.69, 9.17) is 30.6 Å². The predicted molar refractivity (Wildman–Crippen MR) is 118 cm³/mol. The van der Waals surface area contributed by atoms with Crippen LogP contribution in [0.1, 0.15) is 68.1 Å². The Morgan fingerprint density at radius 3 is 1.21 bits per heavy atom. The topological polar surface area (TPSA) is 190 Å². The first-order chi connectivity index (χ1) is 15.4. The van der Waals surface area contributed by atoms with Crippen LogP contribution in [-0.4, -0.2) is 67.7 Å². The quantitative estimate of drug-likeness (QED) is 0.339. The van der Waals surface area contributed by atoms with Crippen molar-refractivity contribution >= 4 is 23.9 Å². The molecule has 0 aliphatic carbocycles. The molecule has 0 unspecified atom stereocenters. The Kier molecular flexibility index (Phi) is 12.7. The second-order valence-electron chi connectivity index (χ2n) is 7.26. The van der Waals surface area contributed by atoms with E-state index in [1.807, 2.05) is 13.8 Å². The Labute approximate surface area is 190 Å². The van der Waals surface area contributed by atoms with Crippen LogP contribution < -0.4 is 0 Å². The molecule has 0 aromatic heterocycles. The first-order valence-electron chi connectivity index (χ1n) is 9.75. The Balaban J connectivity index is 0.000000472. The Bertz CT molecular complexity index is 868. The SMILES string of the molecule is CCCC(C)(CO)CO.O=C(O)c1ccc(C(=O)O)cc1.O=C(O)c1cccc(C(=O)O)c1. The van der Waals surface area contributed by atoms with Crippen molar-refractivity contribution in [3.63, 3.8) is 0 Å². The van der Waals surface area contributed by atoms with E-state index < -0.39 is 23.9 Å². The van der Waals surface area contributed by atoms with Gasteiger partial charge in [0.25, 0.3) is 0 Å². The fourth-order valence-corrected chi connectivity index (χ4v) is 2.35. The summed E-state index contributed by atoms with van der Waals surface area (Å²) in [6.07, 6.45) is 1.90. The fourth-order valence-electron chi connectivity index (χ4n) is 2.35. The molecule has 0 radical (unpaired) electrons. The minimum atomic E-state index is -1.13. The molecular weight excluding hydrogens is 436 g/mol. The molecular formula is C23H28O10. The van der Waals surface area contributed by atoms with Crippen LogP contribution in [0.15, 0.2) is 48.5 Å². The molecule has 0 heterocycles. The van der Waals surface area contributed by atoms with Crippen LogP contribution in [0.25, 0.3) is 0 Å². The van der Waals surface area contributed by atoms with E-state index in [-0.39, 0.29) is 40.9 Å². The number of rotatable bonds is 8. The molecule has 180 valence electrons. The third-order valence-corrected chi connectivity index (χ3v) is 4.35. The second-order valence-corrected chi connectivity index (χ2v) is 7.26. The van der Waals surface area contributed by atoms with E-state index in [9.17, 15) is 19.2 Å². The van der Waals surface area contributed by atoms with Crippen molar-refractivity contribution in [2.24, 2.45) is 5.41 Å². The highest BCUT2D eigenvalue weighted by Crippen LogP contribution is 2.20. The molecule has 0 amide bonds. The normalized spacial score (nSPS) is 10.1. The number of carbonyl (C=O) groups is 4. The van der Waals surface area contributed by atoms with E-state index in [1.165, 1.54) is 42.5 Å². The Hall–Kier alpha value is -3.76. The molecule has 33 heavy (non-hydrogen) atoms. The lowest BCUT2D eigenvalue weighted by Gasteiger charge is -2.23. The molecule has 0 aliphatic heterocycles. The van der Waals surface area contributed by atoms with E-state index >= 15 is 0 Å². The summed E-state index contributed by atoms with van der Waals surface area (Å²) >= 11 is 0. The van der Waals surface area contributed by atoms with Crippen molar-refractivity contribution in [3.8, 4) is 0 Å². The van der Waals surface area contributed by atoms with Crippen molar-refractivity contribution in [1.29, 1.82) is 0 Å². The van der Waals surface area contributed by atoms with Gasteiger partial charge >= 0.3 is 23.9 Å². The highest BCUT2D eigenvalue weighted by molar-refractivity contribution is 5.93. The van der Waals surface area contributed by atoms with Gasteiger partial charge in [-0.3, -0.25) is 0 Å². The average molecular weight is 464 g/mol. The molecule has 6 N–H and O–H groups in total. The summed E-state index contributed by atoms with van der Waals surface area (Å²) in [5, 5.41) is 51.4. The maximum atomic E-state index is 10.4. The molecule has 10 heteroatoms. The van der Waals surface area contributed by atoms with Crippen molar-refractivity contribution in [3.05, 3.63) is 70.8 Å². The zero-order chi connectivity index (χ0) is 25.6. The zero-order valence-electron chi connectivity index (χ0n) is 18.3. The van der Waals surface area contributed by atoms with Gasteiger partial charge in [0.05, 0.1) is 35.5 Å². The minimum Gasteiger partial charge on any atom is -0.478 e. The molecule has 0 spiro atoms. The Morgan fingerprint density at radius 1 is 0.667 bits per heavy atom. The average Bonchev–Trinajstić information content (AvgIpc) is 2.80. The highest BCUT2D eigenvalue weighted by atomic mass is 16.4. The number of carboxylic acid groups (broad SMARTS) is 4. The molecule has 0 saturated carbocycles. The van der Waals surface area contributed by atoms with Crippen LogP contribution in [0.4, 0.5) is 0 Å². The van der Waals surface area contributed by atoms with Crippen LogP contribution in [0.5, 0.6) is 0 Å². The van der Waals surface area contributed by atoms with Crippen molar-refractivity contribution in [2.45, 2.75) is 26.7 Å². The standard InChI is InChI=1S/2C8H6O4.C7H16O2/c9-7(10)5-1-2-6(4-3-5)8(11)12;9-7(10)5-2-1-3-6(4-5)8(11)12;1-3-4-7(2,5-8)6-9/h2*1-4H,(H,9,10)(H,11,12);8-9H,3-6H2,1-2H3. The van der Waals surface area contributed by atoms with E-state index in [0.717, 1.165) is 18.9 Å². The molecule has 0 atom stereocenters. The van der Waals surface area contributed by atoms with Gasteiger partial charge in [0.15, 0.2) is 0 Å². The van der Waals surface area contributed by atoms with Gasteiger partial charge in [-0.2, -0.15) is 0 Å². The molecule has 0 bridgehead atoms. The number of hydrogen-bond acceptors (Lipinski definition) is 6. The largest absolute Gasteiger partial charge is 0.478 e. The fraction of sp³-hybridized carbons (Fsp3) is 0.304. The summed E-state index contributed by atoms with van der Waals surface area (Å²) in [7, 11) is 0. The first-order valence-corrected chi connectivity index (χ1v) is 9.75. The van der Waals surface area contributed by atoms with Gasteiger partial charge in [0.1, 0.15) is 0 Å². The van der Waals surface area contributed by atoms with Crippen LogP contribution in [-0.2, 0) is 0 Å². The summed E-state index contributed by atoms with van der Waals surface area (Å²) in [4.78, 5) is 41.4. The lowest BCUT2D eigenvalue weighted by molar-refractivity contribution is 0.0622. The molecule has 2 aromatic carbocycles. The maximum absolute atomic E-state index is 10.4. The summed E-state index contributed by atoms with van der Waals surface area (Å²) < 4.78 is 0. The van der Waals surface area contributed by atoms with Crippen LogP contribution in [0, 0.1) is 5.41 Å². The van der Waals surface area contributed by atoms with Crippen LogP contribution in [0.3, 0.4) is 0 Å². The summed E-state index contributed by atoms with van der Waals surface area (Å²) in [6, 6.07) is 10.2. The molecule has 2 rings (SSSR count).